The number of esters is 1. The largest absolute Gasteiger partial charge is 0.469 e. The monoisotopic (exact) mass is 531 g/mol. The van der Waals surface area contributed by atoms with Gasteiger partial charge >= 0.3 is 12.1 Å². The van der Waals surface area contributed by atoms with Gasteiger partial charge in [-0.3, -0.25) is 4.79 Å². The first kappa shape index (κ1) is 25.5. The van der Waals surface area contributed by atoms with Gasteiger partial charge in [-0.25, -0.2) is 4.79 Å². The van der Waals surface area contributed by atoms with E-state index in [4.69, 9.17) is 21.1 Å². The van der Waals surface area contributed by atoms with Crippen LogP contribution in [0.3, 0.4) is 0 Å². The molecule has 5 rings (SSSR count). The average Bonchev–Trinajstić information content (AvgIpc) is 3.50. The zero-order chi connectivity index (χ0) is 25.2. The van der Waals surface area contributed by atoms with E-state index in [1.807, 2.05) is 30.3 Å². The summed E-state index contributed by atoms with van der Waals surface area (Å²) in [4.78, 5) is 31.9. The summed E-state index contributed by atoms with van der Waals surface area (Å²) in [6.45, 7) is 4.85. The number of amides is 1. The van der Waals surface area contributed by atoms with Crippen LogP contribution in [0.4, 0.5) is 4.79 Å². The van der Waals surface area contributed by atoms with E-state index in [0.717, 1.165) is 51.0 Å². The first-order valence-corrected chi connectivity index (χ1v) is 13.9. The van der Waals surface area contributed by atoms with Gasteiger partial charge in [0.15, 0.2) is 5.06 Å². The summed E-state index contributed by atoms with van der Waals surface area (Å²) in [7, 11) is 3.57. The third-order valence-electron chi connectivity index (χ3n) is 8.03. The van der Waals surface area contributed by atoms with Crippen LogP contribution in [0.2, 0.25) is 5.02 Å². The van der Waals surface area contributed by atoms with Crippen molar-refractivity contribution >= 4 is 35.0 Å². The fraction of sp³-hybridized carbons (Fsp3) is 0.556. The highest BCUT2D eigenvalue weighted by atomic mass is 35.5. The first-order chi connectivity index (χ1) is 17.4. The summed E-state index contributed by atoms with van der Waals surface area (Å²) in [5.74, 6) is -0.229. The van der Waals surface area contributed by atoms with Crippen LogP contribution in [-0.2, 0) is 22.5 Å². The number of ether oxygens (including phenoxy) is 2. The maximum atomic E-state index is 13.3. The average molecular weight is 532 g/mol. The van der Waals surface area contributed by atoms with Gasteiger partial charge in [0.1, 0.15) is 0 Å². The molecule has 1 amide bonds. The van der Waals surface area contributed by atoms with Gasteiger partial charge in [-0.1, -0.05) is 29.8 Å². The molecule has 2 saturated heterocycles. The molecule has 3 aliphatic heterocycles. The Balaban J connectivity index is 1.41. The second-order valence-corrected chi connectivity index (χ2v) is 11.7. The summed E-state index contributed by atoms with van der Waals surface area (Å²) in [5, 5.41) is 4.55. The molecule has 0 bridgehead atoms. The number of thiophene rings is 1. The molecule has 1 N–H and O–H groups in total. The lowest BCUT2D eigenvalue weighted by atomic mass is 9.69. The lowest BCUT2D eigenvalue weighted by molar-refractivity contribution is -0.145. The maximum absolute atomic E-state index is 13.3. The first-order valence-electron chi connectivity index (χ1n) is 12.7. The zero-order valence-corrected chi connectivity index (χ0v) is 22.4. The van der Waals surface area contributed by atoms with Crippen LogP contribution in [-0.4, -0.2) is 68.7 Å². The predicted molar refractivity (Wildman–Crippen MR) is 141 cm³/mol. The highest BCUT2D eigenvalue weighted by molar-refractivity contribution is 7.14. The van der Waals surface area contributed by atoms with Gasteiger partial charge in [-0.05, 0) is 73.9 Å². The Hall–Kier alpha value is -2.13. The molecule has 3 unspecified atom stereocenters. The van der Waals surface area contributed by atoms with Crippen molar-refractivity contribution < 1.29 is 19.1 Å². The van der Waals surface area contributed by atoms with Crippen LogP contribution in [0.25, 0.3) is 0 Å². The normalized spacial score (nSPS) is 25.3. The minimum Gasteiger partial charge on any atom is -0.469 e. The van der Waals surface area contributed by atoms with Crippen molar-refractivity contribution in [1.82, 2.24) is 15.1 Å². The summed E-state index contributed by atoms with van der Waals surface area (Å²) < 4.78 is 11.2. The van der Waals surface area contributed by atoms with Gasteiger partial charge in [0.25, 0.3) is 0 Å². The molecule has 9 heteroatoms. The Morgan fingerprint density at radius 3 is 2.75 bits per heavy atom. The molecule has 4 heterocycles. The van der Waals surface area contributed by atoms with E-state index < -0.39 is 5.92 Å². The van der Waals surface area contributed by atoms with Crippen molar-refractivity contribution in [2.24, 2.45) is 17.8 Å². The van der Waals surface area contributed by atoms with Gasteiger partial charge in [0.05, 0.1) is 13.0 Å². The molecule has 194 valence electrons. The van der Waals surface area contributed by atoms with Gasteiger partial charge in [0, 0.05) is 42.6 Å². The molecular weight excluding hydrogens is 498 g/mol. The summed E-state index contributed by atoms with van der Waals surface area (Å²) in [6, 6.07) is 9.46. The van der Waals surface area contributed by atoms with Crippen LogP contribution in [0.1, 0.15) is 34.8 Å². The molecule has 3 aliphatic rings. The molecule has 1 aromatic heterocycles. The number of rotatable bonds is 5. The second kappa shape index (κ2) is 11.1. The SMILES string of the molecule is COC(=O)[C@H](c1ccccc1Cl)C1CN(C(=O)Oc2cc3c(s2)CCNC3)CCC1C1CCN(C)C1. The van der Waals surface area contributed by atoms with Crippen molar-refractivity contribution in [3.63, 3.8) is 0 Å². The number of nitrogens with zero attached hydrogens (tertiary/aromatic N) is 2. The molecule has 0 spiro atoms. The number of carbonyl (C=O) groups is 2. The molecule has 0 aliphatic carbocycles. The van der Waals surface area contributed by atoms with Crippen molar-refractivity contribution in [2.45, 2.75) is 31.7 Å². The van der Waals surface area contributed by atoms with Gasteiger partial charge in [-0.2, -0.15) is 0 Å². The van der Waals surface area contributed by atoms with Crippen LogP contribution >= 0.6 is 22.9 Å². The van der Waals surface area contributed by atoms with Crippen LogP contribution < -0.4 is 10.1 Å². The smallest absolute Gasteiger partial charge is 0.416 e. The van der Waals surface area contributed by atoms with E-state index in [0.29, 0.717) is 29.1 Å². The van der Waals surface area contributed by atoms with Gasteiger partial charge in [-0.15, -0.1) is 11.3 Å². The second-order valence-electron chi connectivity index (χ2n) is 10.2. The number of benzene rings is 1. The van der Waals surface area contributed by atoms with E-state index >= 15 is 0 Å². The van der Waals surface area contributed by atoms with Crippen molar-refractivity contribution in [2.75, 3.05) is 46.9 Å². The molecule has 36 heavy (non-hydrogen) atoms. The minimum absolute atomic E-state index is 0.115. The van der Waals surface area contributed by atoms with Gasteiger partial charge < -0.3 is 24.6 Å². The standard InChI is InChI=1S/C27H34ClN3O4S/c1-30-11-8-17(15-30)19-9-12-31(27(33)35-24-13-18-14-29-10-7-23(18)36-24)16-21(19)25(26(32)34-2)20-5-3-4-6-22(20)28/h3-6,13,17,19,21,25,29H,7-12,14-16H2,1-2H3/t17?,19?,21?,25-/m1/s1. The number of piperidine rings is 1. The molecule has 7 nitrogen and oxygen atoms in total. The Morgan fingerprint density at radius 1 is 1.19 bits per heavy atom. The lowest BCUT2D eigenvalue weighted by Gasteiger charge is -2.43. The summed E-state index contributed by atoms with van der Waals surface area (Å²) in [6.07, 6.45) is 2.52. The highest BCUT2D eigenvalue weighted by Gasteiger charge is 2.45. The molecule has 0 saturated carbocycles. The van der Waals surface area contributed by atoms with Crippen molar-refractivity contribution in [1.29, 1.82) is 0 Å². The predicted octanol–water partition coefficient (Wildman–Crippen LogP) is 4.39. The van der Waals surface area contributed by atoms with E-state index in [2.05, 4.69) is 17.3 Å². The Bertz CT molecular complexity index is 1080. The van der Waals surface area contributed by atoms with Crippen LogP contribution in [0, 0.1) is 17.8 Å². The number of nitrogens with one attached hydrogen (secondary N) is 1. The lowest BCUT2D eigenvalue weighted by Crippen LogP contribution is -2.50. The molecule has 0 radical (unpaired) electrons. The number of carbonyl (C=O) groups excluding carboxylic acids is 2. The van der Waals surface area contributed by atoms with E-state index in [9.17, 15) is 9.59 Å². The van der Waals surface area contributed by atoms with E-state index in [-0.39, 0.29) is 23.9 Å². The summed E-state index contributed by atoms with van der Waals surface area (Å²) in [5.41, 5.74) is 1.97. The van der Waals surface area contributed by atoms with Crippen LogP contribution in [0.5, 0.6) is 5.06 Å². The number of hydrogen-bond donors (Lipinski definition) is 1. The molecule has 1 aromatic carbocycles. The quantitative estimate of drug-likeness (QED) is 0.577. The molecule has 4 atom stereocenters. The number of fused-ring (bicyclic) bond motifs is 1. The Kier molecular flexibility index (Phi) is 7.86. The Labute approximate surface area is 221 Å². The molecular formula is C27H34ClN3O4S. The molecule has 2 aromatic rings. The fourth-order valence-electron chi connectivity index (χ4n) is 6.24. The van der Waals surface area contributed by atoms with Crippen molar-refractivity contribution in [3.8, 4) is 5.06 Å². The highest BCUT2D eigenvalue weighted by Crippen LogP contribution is 2.44. The third-order valence-corrected chi connectivity index (χ3v) is 9.49. The number of halogens is 1. The summed E-state index contributed by atoms with van der Waals surface area (Å²) >= 11 is 8.16. The van der Waals surface area contributed by atoms with Crippen molar-refractivity contribution in [3.05, 3.63) is 51.4 Å². The van der Waals surface area contributed by atoms with E-state index in [1.54, 1.807) is 16.2 Å². The Morgan fingerprint density at radius 2 is 2.03 bits per heavy atom. The number of hydrogen-bond acceptors (Lipinski definition) is 7. The number of methoxy groups -OCH3 is 1. The topological polar surface area (TPSA) is 71.1 Å². The van der Waals surface area contributed by atoms with Gasteiger partial charge in [0.2, 0.25) is 0 Å². The zero-order valence-electron chi connectivity index (χ0n) is 20.9. The van der Waals surface area contributed by atoms with Crippen LogP contribution in [0.15, 0.2) is 30.3 Å². The maximum Gasteiger partial charge on any atom is 0.416 e. The fourth-order valence-corrected chi connectivity index (χ4v) is 7.51. The van der Waals surface area contributed by atoms with E-state index in [1.165, 1.54) is 17.6 Å². The third kappa shape index (κ3) is 5.28. The number of likely N-dealkylation sites (tertiary alicyclic amines) is 2. The molecule has 2 fully saturated rings. The minimum atomic E-state index is -0.546.